The second-order valence-electron chi connectivity index (χ2n) is 11.4. The van der Waals surface area contributed by atoms with Crippen LogP contribution in [0.15, 0.2) is 24.3 Å². The van der Waals surface area contributed by atoms with Crippen LogP contribution in [0.1, 0.15) is 68.9 Å². The SMILES string of the molecule is CN(CC1CCCCC1)[C@H]1C[C@H]2C(=O)NC3(CCN(Cc4cccc(C#N)c4)CC3)CC(=O)N2C1. The largest absolute Gasteiger partial charge is 0.348 e. The molecule has 0 unspecified atom stereocenters. The molecule has 0 aromatic heterocycles. The van der Waals surface area contributed by atoms with Crippen molar-refractivity contribution in [3.63, 3.8) is 0 Å². The van der Waals surface area contributed by atoms with E-state index in [1.165, 1.54) is 32.1 Å². The first kappa shape index (κ1) is 24.3. The number of nitrogens with one attached hydrogen (secondary N) is 1. The van der Waals surface area contributed by atoms with Crippen LogP contribution in [0.4, 0.5) is 0 Å². The Kier molecular flexibility index (Phi) is 7.13. The number of hydrogen-bond acceptors (Lipinski definition) is 5. The summed E-state index contributed by atoms with van der Waals surface area (Å²) >= 11 is 0. The van der Waals surface area contributed by atoms with Crippen molar-refractivity contribution in [1.82, 2.24) is 20.0 Å². The van der Waals surface area contributed by atoms with E-state index in [-0.39, 0.29) is 23.9 Å². The van der Waals surface area contributed by atoms with Crippen LogP contribution in [0.5, 0.6) is 0 Å². The molecular weight excluding hydrogens is 438 g/mol. The van der Waals surface area contributed by atoms with Gasteiger partial charge in [-0.25, -0.2) is 0 Å². The highest BCUT2D eigenvalue weighted by Gasteiger charge is 2.49. The van der Waals surface area contributed by atoms with Crippen LogP contribution in [0.3, 0.4) is 0 Å². The van der Waals surface area contributed by atoms with E-state index in [9.17, 15) is 9.59 Å². The van der Waals surface area contributed by atoms with Gasteiger partial charge in [-0.15, -0.1) is 0 Å². The Labute approximate surface area is 209 Å². The van der Waals surface area contributed by atoms with Crippen LogP contribution in [0.25, 0.3) is 0 Å². The molecule has 3 aliphatic heterocycles. The van der Waals surface area contributed by atoms with Crippen molar-refractivity contribution < 1.29 is 9.59 Å². The number of carbonyl (C=O) groups is 2. The summed E-state index contributed by atoms with van der Waals surface area (Å²) in [5.74, 6) is 0.936. The molecule has 2 atom stereocenters. The van der Waals surface area contributed by atoms with E-state index in [2.05, 4.69) is 34.3 Å². The fourth-order valence-electron chi connectivity index (χ4n) is 6.80. The number of likely N-dealkylation sites (tertiary alicyclic amines) is 1. The van der Waals surface area contributed by atoms with Crippen molar-refractivity contribution in [2.24, 2.45) is 5.92 Å². The van der Waals surface area contributed by atoms with Crippen LogP contribution in [-0.2, 0) is 16.1 Å². The number of carbonyl (C=O) groups excluding carboxylic acids is 2. The zero-order valence-corrected chi connectivity index (χ0v) is 21.0. The molecule has 0 radical (unpaired) electrons. The number of hydrogen-bond donors (Lipinski definition) is 1. The fourth-order valence-corrected chi connectivity index (χ4v) is 6.80. The van der Waals surface area contributed by atoms with Gasteiger partial charge in [-0.05, 0) is 62.8 Å². The predicted octanol–water partition coefficient (Wildman–Crippen LogP) is 2.89. The third-order valence-electron chi connectivity index (χ3n) is 8.95. The number of nitrogens with zero attached hydrogens (tertiary/aromatic N) is 4. The Morgan fingerprint density at radius 2 is 1.94 bits per heavy atom. The molecule has 3 saturated heterocycles. The van der Waals surface area contributed by atoms with E-state index < -0.39 is 5.54 Å². The number of benzene rings is 1. The standard InChI is InChI=1S/C28H39N5O2/c1-31(18-21-6-3-2-4-7-21)24-15-25-27(35)30-28(16-26(34)33(25)20-24)10-12-32(13-11-28)19-23-9-5-8-22(14-23)17-29/h5,8-9,14,21,24-25H,2-4,6-7,10-13,15-16,18-20H2,1H3,(H,30,35)/t24-,25-/m0/s1. The van der Waals surface area contributed by atoms with Crippen molar-refractivity contribution >= 4 is 11.8 Å². The number of piperidine rings is 1. The first-order valence-corrected chi connectivity index (χ1v) is 13.5. The summed E-state index contributed by atoms with van der Waals surface area (Å²) in [5.41, 5.74) is 1.39. The summed E-state index contributed by atoms with van der Waals surface area (Å²) in [6.07, 6.45) is 9.39. The summed E-state index contributed by atoms with van der Waals surface area (Å²) in [5, 5.41) is 12.5. The smallest absolute Gasteiger partial charge is 0.243 e. The number of likely N-dealkylation sites (N-methyl/N-ethyl adjacent to an activating group) is 1. The third kappa shape index (κ3) is 5.39. The molecule has 3 heterocycles. The Bertz CT molecular complexity index is 946. The van der Waals surface area contributed by atoms with E-state index in [0.717, 1.165) is 56.9 Å². The minimum atomic E-state index is -0.424. The summed E-state index contributed by atoms with van der Waals surface area (Å²) in [7, 11) is 2.18. The molecule has 0 bridgehead atoms. The maximum absolute atomic E-state index is 13.4. The molecule has 188 valence electrons. The van der Waals surface area contributed by atoms with Gasteiger partial charge in [0.2, 0.25) is 11.8 Å². The van der Waals surface area contributed by atoms with Crippen LogP contribution < -0.4 is 5.32 Å². The Balaban J connectivity index is 1.17. The normalized spacial score (nSPS) is 27.5. The van der Waals surface area contributed by atoms with Gasteiger partial charge >= 0.3 is 0 Å². The Morgan fingerprint density at radius 3 is 2.69 bits per heavy atom. The Hall–Kier alpha value is -2.43. The first-order valence-electron chi connectivity index (χ1n) is 13.5. The van der Waals surface area contributed by atoms with Crippen LogP contribution in [-0.4, -0.2) is 77.4 Å². The van der Waals surface area contributed by atoms with Gasteiger partial charge in [0, 0.05) is 38.8 Å². The predicted molar refractivity (Wildman–Crippen MR) is 134 cm³/mol. The van der Waals surface area contributed by atoms with Crippen molar-refractivity contribution in [2.45, 2.75) is 82.0 Å². The van der Waals surface area contributed by atoms with E-state index in [1.807, 2.05) is 23.1 Å². The minimum absolute atomic E-state index is 0.0413. The molecule has 1 saturated carbocycles. The molecule has 1 spiro atoms. The molecule has 7 nitrogen and oxygen atoms in total. The molecule has 5 rings (SSSR count). The van der Waals surface area contributed by atoms with Crippen molar-refractivity contribution in [3.8, 4) is 6.07 Å². The average Bonchev–Trinajstić information content (AvgIpc) is 3.29. The zero-order valence-electron chi connectivity index (χ0n) is 21.0. The van der Waals surface area contributed by atoms with E-state index in [0.29, 0.717) is 18.5 Å². The summed E-state index contributed by atoms with van der Waals surface area (Å²) < 4.78 is 0. The molecule has 7 heteroatoms. The topological polar surface area (TPSA) is 79.7 Å². The van der Waals surface area contributed by atoms with Crippen molar-refractivity contribution in [1.29, 1.82) is 5.26 Å². The van der Waals surface area contributed by atoms with Crippen molar-refractivity contribution in [3.05, 3.63) is 35.4 Å². The van der Waals surface area contributed by atoms with E-state index >= 15 is 0 Å². The van der Waals surface area contributed by atoms with Gasteiger partial charge in [0.05, 0.1) is 23.6 Å². The number of fused-ring (bicyclic) bond motifs is 1. The monoisotopic (exact) mass is 477 g/mol. The molecule has 1 N–H and O–H groups in total. The minimum Gasteiger partial charge on any atom is -0.348 e. The molecule has 1 aliphatic carbocycles. The second-order valence-corrected chi connectivity index (χ2v) is 11.4. The molecule has 4 aliphatic rings. The van der Waals surface area contributed by atoms with Crippen molar-refractivity contribution in [2.75, 3.05) is 33.2 Å². The van der Waals surface area contributed by atoms with Crippen LogP contribution >= 0.6 is 0 Å². The molecular formula is C28H39N5O2. The summed E-state index contributed by atoms with van der Waals surface area (Å²) in [6, 6.07) is 9.90. The highest BCUT2D eigenvalue weighted by atomic mass is 16.2. The number of nitriles is 1. The van der Waals surface area contributed by atoms with E-state index in [1.54, 1.807) is 0 Å². The highest BCUT2D eigenvalue weighted by molar-refractivity contribution is 5.92. The first-order chi connectivity index (χ1) is 16.9. The fraction of sp³-hybridized carbons (Fsp3) is 0.679. The second kappa shape index (κ2) is 10.3. The quantitative estimate of drug-likeness (QED) is 0.706. The summed E-state index contributed by atoms with van der Waals surface area (Å²) in [4.78, 5) is 33.4. The molecule has 4 fully saturated rings. The third-order valence-corrected chi connectivity index (χ3v) is 8.95. The highest BCUT2D eigenvalue weighted by Crippen LogP contribution is 2.34. The van der Waals surface area contributed by atoms with Gasteiger partial charge < -0.3 is 15.1 Å². The molecule has 35 heavy (non-hydrogen) atoms. The van der Waals surface area contributed by atoms with Gasteiger partial charge in [0.1, 0.15) is 6.04 Å². The number of rotatable bonds is 5. The van der Waals surface area contributed by atoms with E-state index in [4.69, 9.17) is 5.26 Å². The van der Waals surface area contributed by atoms with Gasteiger partial charge in [0.25, 0.3) is 0 Å². The van der Waals surface area contributed by atoms with Crippen LogP contribution in [0.2, 0.25) is 0 Å². The average molecular weight is 478 g/mol. The maximum Gasteiger partial charge on any atom is 0.243 e. The van der Waals surface area contributed by atoms with Gasteiger partial charge in [-0.3, -0.25) is 14.5 Å². The Morgan fingerprint density at radius 1 is 1.17 bits per heavy atom. The van der Waals surface area contributed by atoms with Gasteiger partial charge in [0.15, 0.2) is 0 Å². The lowest BCUT2D eigenvalue weighted by molar-refractivity contribution is -0.135. The lowest BCUT2D eigenvalue weighted by Gasteiger charge is -2.41. The van der Waals surface area contributed by atoms with Gasteiger partial charge in [-0.2, -0.15) is 5.26 Å². The summed E-state index contributed by atoms with van der Waals surface area (Å²) in [6.45, 7) is 4.22. The zero-order chi connectivity index (χ0) is 24.4. The maximum atomic E-state index is 13.4. The number of amides is 2. The van der Waals surface area contributed by atoms with Crippen LogP contribution in [0, 0.1) is 17.2 Å². The molecule has 1 aromatic carbocycles. The van der Waals surface area contributed by atoms with Gasteiger partial charge in [-0.1, -0.05) is 31.4 Å². The molecule has 1 aromatic rings. The lowest BCUT2D eigenvalue weighted by Crippen LogP contribution is -2.56. The molecule has 2 amide bonds. The lowest BCUT2D eigenvalue weighted by atomic mass is 9.83.